The van der Waals surface area contributed by atoms with Gasteiger partial charge in [-0.3, -0.25) is 4.79 Å². The van der Waals surface area contributed by atoms with Gasteiger partial charge in [0, 0.05) is 11.1 Å². The maximum absolute atomic E-state index is 11.6. The Kier molecular flexibility index (Phi) is 5.03. The summed E-state index contributed by atoms with van der Waals surface area (Å²) in [6.45, 7) is 1.84. The van der Waals surface area contributed by atoms with Crippen molar-refractivity contribution in [3.05, 3.63) is 57.3 Å². The summed E-state index contributed by atoms with van der Waals surface area (Å²) < 4.78 is 4.73. The number of hydrogen-bond donors (Lipinski definition) is 1. The summed E-state index contributed by atoms with van der Waals surface area (Å²) in [5, 5.41) is 9.62. The van der Waals surface area contributed by atoms with Gasteiger partial charge in [-0.15, -0.1) is 0 Å². The molecule has 4 nitrogen and oxygen atoms in total. The summed E-state index contributed by atoms with van der Waals surface area (Å²) in [5.41, 5.74) is 3.35. The molecule has 1 N–H and O–H groups in total. The van der Waals surface area contributed by atoms with Crippen LogP contribution in [0.1, 0.15) is 40.2 Å². The standard InChI is InChI=1S/C17H17ClO4/c1-10-5-11(3-4-15(10)17(21)22-2)12-6-13(8-19)16(18)14(7-12)9-20/h3-5,8-9,12,19H,6-7H2,1-2H3/b13-8+. The fourth-order valence-electron chi connectivity index (χ4n) is 2.71. The number of aliphatic hydroxyl groups is 1. The van der Waals surface area contributed by atoms with Crippen molar-refractivity contribution in [2.24, 2.45) is 0 Å². The minimum absolute atomic E-state index is 0.0338. The molecule has 0 heterocycles. The molecule has 2 rings (SSSR count). The van der Waals surface area contributed by atoms with Crippen LogP contribution in [0.5, 0.6) is 0 Å². The molecule has 0 bridgehead atoms. The third-order valence-electron chi connectivity index (χ3n) is 3.92. The highest BCUT2D eigenvalue weighted by Gasteiger charge is 2.25. The number of ether oxygens (including phenoxy) is 1. The van der Waals surface area contributed by atoms with Crippen molar-refractivity contribution in [2.45, 2.75) is 25.7 Å². The van der Waals surface area contributed by atoms with E-state index < -0.39 is 0 Å². The molecule has 1 aliphatic rings. The van der Waals surface area contributed by atoms with Crippen LogP contribution in [0.3, 0.4) is 0 Å². The number of aryl methyl sites for hydroxylation is 1. The second-order valence-corrected chi connectivity index (χ2v) is 5.66. The number of benzene rings is 1. The van der Waals surface area contributed by atoms with Gasteiger partial charge in [0.1, 0.15) is 6.29 Å². The third kappa shape index (κ3) is 3.07. The molecule has 22 heavy (non-hydrogen) atoms. The molecule has 0 saturated heterocycles. The molecule has 0 spiro atoms. The molecule has 0 saturated carbocycles. The minimum atomic E-state index is -0.375. The van der Waals surface area contributed by atoms with Crippen LogP contribution in [0, 0.1) is 6.92 Å². The molecule has 0 aromatic heterocycles. The number of hydrogen-bond acceptors (Lipinski definition) is 4. The van der Waals surface area contributed by atoms with Gasteiger partial charge in [-0.25, -0.2) is 4.79 Å². The summed E-state index contributed by atoms with van der Waals surface area (Å²) in [4.78, 5) is 22.8. The Hall–Kier alpha value is -2.07. The van der Waals surface area contributed by atoms with Crippen LogP contribution in [0.4, 0.5) is 0 Å². The van der Waals surface area contributed by atoms with Crippen molar-refractivity contribution in [1.82, 2.24) is 0 Å². The van der Waals surface area contributed by atoms with E-state index in [2.05, 4.69) is 0 Å². The lowest BCUT2D eigenvalue weighted by molar-refractivity contribution is -0.105. The lowest BCUT2D eigenvalue weighted by Gasteiger charge is -2.25. The number of aldehydes is 1. The Labute approximate surface area is 134 Å². The van der Waals surface area contributed by atoms with Gasteiger partial charge in [0.05, 0.1) is 24.0 Å². The third-order valence-corrected chi connectivity index (χ3v) is 4.41. The monoisotopic (exact) mass is 320 g/mol. The minimum Gasteiger partial charge on any atom is -0.515 e. The summed E-state index contributed by atoms with van der Waals surface area (Å²) >= 11 is 6.08. The molecule has 1 unspecified atom stereocenters. The van der Waals surface area contributed by atoms with Gasteiger partial charge in [0.2, 0.25) is 0 Å². The topological polar surface area (TPSA) is 63.6 Å². The van der Waals surface area contributed by atoms with Crippen molar-refractivity contribution in [2.75, 3.05) is 7.11 Å². The summed E-state index contributed by atoms with van der Waals surface area (Å²) in [7, 11) is 1.35. The smallest absolute Gasteiger partial charge is 0.338 e. The lowest BCUT2D eigenvalue weighted by atomic mass is 9.81. The van der Waals surface area contributed by atoms with Gasteiger partial charge in [0.15, 0.2) is 0 Å². The van der Waals surface area contributed by atoms with Gasteiger partial charge >= 0.3 is 5.97 Å². The Morgan fingerprint density at radius 3 is 2.68 bits per heavy atom. The summed E-state index contributed by atoms with van der Waals surface area (Å²) in [5.74, 6) is -0.341. The molecule has 0 radical (unpaired) electrons. The predicted molar refractivity (Wildman–Crippen MR) is 84.1 cm³/mol. The Morgan fingerprint density at radius 1 is 1.41 bits per heavy atom. The highest BCUT2D eigenvalue weighted by atomic mass is 35.5. The first-order valence-corrected chi connectivity index (χ1v) is 7.26. The quantitative estimate of drug-likeness (QED) is 0.523. The van der Waals surface area contributed by atoms with E-state index in [1.807, 2.05) is 19.1 Å². The van der Waals surface area contributed by atoms with Crippen LogP contribution in [-0.4, -0.2) is 24.5 Å². The fraction of sp³-hybridized carbons (Fsp3) is 0.294. The first-order chi connectivity index (χ1) is 10.5. The van der Waals surface area contributed by atoms with Crippen LogP contribution in [0.2, 0.25) is 0 Å². The average Bonchev–Trinajstić information content (AvgIpc) is 2.54. The van der Waals surface area contributed by atoms with E-state index in [1.165, 1.54) is 7.11 Å². The Balaban J connectivity index is 2.36. The zero-order valence-corrected chi connectivity index (χ0v) is 13.2. The second-order valence-electron chi connectivity index (χ2n) is 5.28. The number of rotatable bonds is 3. The van der Waals surface area contributed by atoms with Gasteiger partial charge in [-0.1, -0.05) is 23.7 Å². The second kappa shape index (κ2) is 6.79. The molecular formula is C17H17ClO4. The Bertz CT molecular complexity index is 673. The first kappa shape index (κ1) is 16.3. The Morgan fingerprint density at radius 2 is 2.14 bits per heavy atom. The molecule has 0 amide bonds. The number of halogens is 1. The number of carbonyl (C=O) groups excluding carboxylic acids is 2. The molecule has 116 valence electrons. The molecule has 0 aliphatic heterocycles. The zero-order valence-electron chi connectivity index (χ0n) is 12.4. The van der Waals surface area contributed by atoms with Crippen molar-refractivity contribution >= 4 is 23.9 Å². The number of methoxy groups -OCH3 is 1. The molecule has 1 atom stereocenters. The highest BCUT2D eigenvalue weighted by Crippen LogP contribution is 2.40. The molecular weight excluding hydrogens is 304 g/mol. The number of allylic oxidation sites excluding steroid dienone is 3. The maximum Gasteiger partial charge on any atom is 0.338 e. The van der Waals surface area contributed by atoms with E-state index in [9.17, 15) is 14.7 Å². The number of esters is 1. The fourth-order valence-corrected chi connectivity index (χ4v) is 2.96. The van der Waals surface area contributed by atoms with Crippen LogP contribution in [0.15, 0.2) is 40.6 Å². The summed E-state index contributed by atoms with van der Waals surface area (Å²) in [6.07, 6.45) is 2.74. The van der Waals surface area contributed by atoms with E-state index >= 15 is 0 Å². The van der Waals surface area contributed by atoms with E-state index in [-0.39, 0.29) is 11.9 Å². The summed E-state index contributed by atoms with van der Waals surface area (Å²) in [6, 6.07) is 5.48. The SMILES string of the molecule is COC(=O)c1ccc(C2CC(C=O)=C(Cl)/C(=C/O)C2)cc1C. The van der Waals surface area contributed by atoms with Gasteiger partial charge in [0.25, 0.3) is 0 Å². The van der Waals surface area contributed by atoms with Gasteiger partial charge in [-0.2, -0.15) is 0 Å². The van der Waals surface area contributed by atoms with Gasteiger partial charge in [-0.05, 0) is 42.9 Å². The first-order valence-electron chi connectivity index (χ1n) is 6.88. The van der Waals surface area contributed by atoms with Crippen molar-refractivity contribution < 1.29 is 19.4 Å². The van der Waals surface area contributed by atoms with Crippen LogP contribution in [-0.2, 0) is 9.53 Å². The van der Waals surface area contributed by atoms with Crippen molar-refractivity contribution in [1.29, 1.82) is 0 Å². The lowest BCUT2D eigenvalue weighted by Crippen LogP contribution is -2.12. The number of carbonyl (C=O) groups is 2. The van der Waals surface area contributed by atoms with Gasteiger partial charge < -0.3 is 9.84 Å². The molecule has 5 heteroatoms. The molecule has 1 aromatic carbocycles. The average molecular weight is 321 g/mol. The molecule has 0 fully saturated rings. The largest absolute Gasteiger partial charge is 0.515 e. The maximum atomic E-state index is 11.6. The van der Waals surface area contributed by atoms with Crippen molar-refractivity contribution in [3.8, 4) is 0 Å². The highest BCUT2D eigenvalue weighted by molar-refractivity contribution is 6.33. The van der Waals surface area contributed by atoms with E-state index in [0.717, 1.165) is 23.7 Å². The van der Waals surface area contributed by atoms with E-state index in [0.29, 0.717) is 34.6 Å². The van der Waals surface area contributed by atoms with E-state index in [4.69, 9.17) is 16.3 Å². The zero-order chi connectivity index (χ0) is 16.3. The normalized spacial score (nSPS) is 20.1. The van der Waals surface area contributed by atoms with Crippen LogP contribution in [0.25, 0.3) is 0 Å². The van der Waals surface area contributed by atoms with Crippen LogP contribution < -0.4 is 0 Å². The number of aliphatic hydroxyl groups excluding tert-OH is 1. The molecule has 1 aromatic rings. The van der Waals surface area contributed by atoms with E-state index in [1.54, 1.807) is 6.07 Å². The molecule has 1 aliphatic carbocycles. The van der Waals surface area contributed by atoms with Crippen molar-refractivity contribution in [3.63, 3.8) is 0 Å². The predicted octanol–water partition coefficient (Wildman–Crippen LogP) is 3.79. The van der Waals surface area contributed by atoms with Crippen LogP contribution >= 0.6 is 11.6 Å².